The molecule has 1 amide bonds. The molecule has 5 nitrogen and oxygen atoms in total. The lowest BCUT2D eigenvalue weighted by molar-refractivity contribution is 0.0600. The van der Waals surface area contributed by atoms with Crippen LogP contribution in [0.15, 0.2) is 42.5 Å². The predicted molar refractivity (Wildman–Crippen MR) is 109 cm³/mol. The highest BCUT2D eigenvalue weighted by Gasteiger charge is 2.39. The summed E-state index contributed by atoms with van der Waals surface area (Å²) in [5, 5.41) is 2.98. The van der Waals surface area contributed by atoms with Crippen molar-refractivity contribution < 1.29 is 23.1 Å². The molecule has 1 unspecified atom stereocenters. The fourth-order valence-electron chi connectivity index (χ4n) is 3.96. The Kier molecular flexibility index (Phi) is 6.51. The first-order valence-corrected chi connectivity index (χ1v) is 9.93. The predicted octanol–water partition coefficient (Wildman–Crippen LogP) is 4.10. The van der Waals surface area contributed by atoms with Gasteiger partial charge in [-0.3, -0.25) is 9.69 Å². The molecule has 1 aliphatic rings. The second-order valence-corrected chi connectivity index (χ2v) is 8.00. The van der Waals surface area contributed by atoms with Gasteiger partial charge in [0.05, 0.1) is 18.7 Å². The fraction of sp³-hybridized carbons (Fsp3) is 0.391. The molecule has 0 aromatic heterocycles. The molecule has 2 aromatic carbocycles. The molecule has 1 N–H and O–H groups in total. The summed E-state index contributed by atoms with van der Waals surface area (Å²) in [5.74, 6) is -2.85. The molecule has 2 aromatic rings. The third kappa shape index (κ3) is 4.51. The van der Waals surface area contributed by atoms with E-state index in [1.165, 1.54) is 19.2 Å². The second kappa shape index (κ2) is 8.92. The number of likely N-dealkylation sites (tertiary alicyclic amines) is 1. The number of amides is 1. The van der Waals surface area contributed by atoms with Crippen LogP contribution in [0.2, 0.25) is 0 Å². The summed E-state index contributed by atoms with van der Waals surface area (Å²) < 4.78 is 32.2. The average Bonchev–Trinajstić information content (AvgIpc) is 3.29. The number of benzene rings is 2. The van der Waals surface area contributed by atoms with Gasteiger partial charge in [-0.1, -0.05) is 12.1 Å². The van der Waals surface area contributed by atoms with Crippen molar-refractivity contribution in [3.63, 3.8) is 0 Å². The van der Waals surface area contributed by atoms with Gasteiger partial charge >= 0.3 is 5.97 Å². The minimum absolute atomic E-state index is 0.258. The standard InChI is InChI=1S/C23H26F2N2O3/c1-23(2,27-11-4-5-12-27)20(15-9-10-18(24)19(25)14-15)26-21(28)16-7-6-8-17(13-16)22(29)30-3/h6-10,13-14,20H,4-5,11-12H2,1-3H3,(H,26,28). The lowest BCUT2D eigenvalue weighted by atomic mass is 9.86. The third-order valence-corrected chi connectivity index (χ3v) is 5.73. The van der Waals surface area contributed by atoms with Gasteiger partial charge in [-0.05, 0) is 75.7 Å². The number of carbonyl (C=O) groups excluding carboxylic acids is 2. The van der Waals surface area contributed by atoms with Gasteiger partial charge in [0.1, 0.15) is 0 Å². The van der Waals surface area contributed by atoms with E-state index in [0.717, 1.165) is 38.1 Å². The summed E-state index contributed by atoms with van der Waals surface area (Å²) in [6, 6.07) is 9.29. The average molecular weight is 416 g/mol. The van der Waals surface area contributed by atoms with Crippen molar-refractivity contribution in [3.8, 4) is 0 Å². The van der Waals surface area contributed by atoms with E-state index in [4.69, 9.17) is 4.74 Å². The Morgan fingerprint density at radius 2 is 1.70 bits per heavy atom. The summed E-state index contributed by atoms with van der Waals surface area (Å²) >= 11 is 0. The first-order valence-electron chi connectivity index (χ1n) is 9.93. The van der Waals surface area contributed by atoms with Crippen LogP contribution in [0.5, 0.6) is 0 Å². The van der Waals surface area contributed by atoms with Crippen LogP contribution in [0.1, 0.15) is 59.0 Å². The van der Waals surface area contributed by atoms with Gasteiger partial charge in [0, 0.05) is 11.1 Å². The molecule has 0 saturated carbocycles. The molecular weight excluding hydrogens is 390 g/mol. The summed E-state index contributed by atoms with van der Waals surface area (Å²) in [6.45, 7) is 5.69. The van der Waals surface area contributed by atoms with E-state index in [2.05, 4.69) is 10.2 Å². The molecule has 3 rings (SSSR count). The Morgan fingerprint density at radius 1 is 1.03 bits per heavy atom. The highest BCUT2D eigenvalue weighted by molar-refractivity contribution is 5.98. The Hall–Kier alpha value is -2.80. The smallest absolute Gasteiger partial charge is 0.337 e. The summed E-state index contributed by atoms with van der Waals surface area (Å²) in [4.78, 5) is 27.1. The lowest BCUT2D eigenvalue weighted by Gasteiger charge is -2.42. The van der Waals surface area contributed by atoms with Crippen molar-refractivity contribution in [1.82, 2.24) is 10.2 Å². The molecular formula is C23H26F2N2O3. The topological polar surface area (TPSA) is 58.6 Å². The summed E-state index contributed by atoms with van der Waals surface area (Å²) in [6.07, 6.45) is 2.09. The number of rotatable bonds is 6. The zero-order valence-electron chi connectivity index (χ0n) is 17.4. The molecule has 1 aliphatic heterocycles. The van der Waals surface area contributed by atoms with Gasteiger partial charge in [-0.25, -0.2) is 13.6 Å². The molecule has 1 atom stereocenters. The second-order valence-electron chi connectivity index (χ2n) is 8.00. The van der Waals surface area contributed by atoms with Crippen LogP contribution in [0.25, 0.3) is 0 Å². The molecule has 1 saturated heterocycles. The number of nitrogens with one attached hydrogen (secondary N) is 1. The van der Waals surface area contributed by atoms with E-state index in [1.807, 2.05) is 13.8 Å². The van der Waals surface area contributed by atoms with E-state index in [0.29, 0.717) is 5.56 Å². The number of ether oxygens (including phenoxy) is 1. The van der Waals surface area contributed by atoms with Gasteiger partial charge in [0.15, 0.2) is 11.6 Å². The van der Waals surface area contributed by atoms with Gasteiger partial charge in [-0.15, -0.1) is 0 Å². The van der Waals surface area contributed by atoms with Crippen LogP contribution >= 0.6 is 0 Å². The Bertz CT molecular complexity index is 940. The monoisotopic (exact) mass is 416 g/mol. The first-order chi connectivity index (χ1) is 14.2. The van der Waals surface area contributed by atoms with Crippen molar-refractivity contribution in [3.05, 3.63) is 70.8 Å². The van der Waals surface area contributed by atoms with Crippen LogP contribution in [0.3, 0.4) is 0 Å². The first kappa shape index (κ1) is 21.9. The van der Waals surface area contributed by atoms with Gasteiger partial charge in [-0.2, -0.15) is 0 Å². The normalized spacial score (nSPS) is 15.6. The molecule has 1 fully saturated rings. The van der Waals surface area contributed by atoms with Crippen molar-refractivity contribution in [2.75, 3.05) is 20.2 Å². The zero-order chi connectivity index (χ0) is 21.9. The van der Waals surface area contributed by atoms with E-state index in [9.17, 15) is 18.4 Å². The minimum atomic E-state index is -0.961. The van der Waals surface area contributed by atoms with Crippen molar-refractivity contribution in [2.45, 2.75) is 38.3 Å². The molecule has 0 spiro atoms. The van der Waals surface area contributed by atoms with E-state index in [-0.39, 0.29) is 11.1 Å². The highest BCUT2D eigenvalue weighted by atomic mass is 19.2. The van der Waals surface area contributed by atoms with E-state index in [1.54, 1.807) is 18.2 Å². The molecule has 160 valence electrons. The number of hydrogen-bond acceptors (Lipinski definition) is 4. The van der Waals surface area contributed by atoms with Gasteiger partial charge in [0.2, 0.25) is 0 Å². The maximum atomic E-state index is 14.0. The molecule has 1 heterocycles. The van der Waals surface area contributed by atoms with Crippen LogP contribution in [-0.2, 0) is 4.74 Å². The van der Waals surface area contributed by atoms with Crippen LogP contribution in [0, 0.1) is 11.6 Å². The largest absolute Gasteiger partial charge is 0.465 e. The third-order valence-electron chi connectivity index (χ3n) is 5.73. The van der Waals surface area contributed by atoms with Crippen LogP contribution < -0.4 is 5.32 Å². The number of nitrogens with zero attached hydrogens (tertiary/aromatic N) is 1. The fourth-order valence-corrected chi connectivity index (χ4v) is 3.96. The minimum Gasteiger partial charge on any atom is -0.465 e. The summed E-state index contributed by atoms with van der Waals surface area (Å²) in [7, 11) is 1.27. The number of hydrogen-bond donors (Lipinski definition) is 1. The Balaban J connectivity index is 1.95. The van der Waals surface area contributed by atoms with Crippen molar-refractivity contribution >= 4 is 11.9 Å². The molecule has 0 bridgehead atoms. The Morgan fingerprint density at radius 3 is 2.33 bits per heavy atom. The van der Waals surface area contributed by atoms with E-state index < -0.39 is 35.1 Å². The Labute approximate surface area is 175 Å². The maximum absolute atomic E-state index is 14.0. The highest BCUT2D eigenvalue weighted by Crippen LogP contribution is 2.34. The van der Waals surface area contributed by atoms with Gasteiger partial charge in [0.25, 0.3) is 5.91 Å². The zero-order valence-corrected chi connectivity index (χ0v) is 17.4. The quantitative estimate of drug-likeness (QED) is 0.721. The molecule has 0 radical (unpaired) electrons. The maximum Gasteiger partial charge on any atom is 0.337 e. The molecule has 30 heavy (non-hydrogen) atoms. The molecule has 7 heteroatoms. The van der Waals surface area contributed by atoms with Gasteiger partial charge < -0.3 is 10.1 Å². The number of carbonyl (C=O) groups is 2. The van der Waals surface area contributed by atoms with Crippen molar-refractivity contribution in [1.29, 1.82) is 0 Å². The molecule has 0 aliphatic carbocycles. The van der Waals surface area contributed by atoms with Crippen molar-refractivity contribution in [2.24, 2.45) is 0 Å². The van der Waals surface area contributed by atoms with E-state index >= 15 is 0 Å². The number of esters is 1. The lowest BCUT2D eigenvalue weighted by Crippen LogP contribution is -2.52. The SMILES string of the molecule is COC(=O)c1cccc(C(=O)NC(c2ccc(F)c(F)c2)C(C)(C)N2CCCC2)c1. The number of methoxy groups -OCH3 is 1. The van der Waals surface area contributed by atoms with Crippen LogP contribution in [0.4, 0.5) is 8.78 Å². The summed E-state index contributed by atoms with van der Waals surface area (Å²) in [5.41, 5.74) is 0.468. The number of halogens is 2. The van der Waals surface area contributed by atoms with Crippen LogP contribution in [-0.4, -0.2) is 42.5 Å².